The zero-order valence-electron chi connectivity index (χ0n) is 17.1. The Balaban J connectivity index is 2.01. The summed E-state index contributed by atoms with van der Waals surface area (Å²) in [6, 6.07) is 12.6. The van der Waals surface area contributed by atoms with Gasteiger partial charge in [0.2, 0.25) is 0 Å². The number of para-hydroxylation sites is 1. The van der Waals surface area contributed by atoms with Crippen LogP contribution in [0.5, 0.6) is 5.75 Å². The lowest BCUT2D eigenvalue weighted by Gasteiger charge is -2.24. The molecular formula is C22H26NO5S-. The van der Waals surface area contributed by atoms with Gasteiger partial charge in [-0.3, -0.25) is 9.11 Å². The summed E-state index contributed by atoms with van der Waals surface area (Å²) in [7, 11) is 3.33. The van der Waals surface area contributed by atoms with E-state index in [4.69, 9.17) is 4.74 Å². The van der Waals surface area contributed by atoms with E-state index in [0.717, 1.165) is 16.7 Å². The smallest absolute Gasteiger partial charge is 0.330 e. The van der Waals surface area contributed by atoms with Crippen molar-refractivity contribution in [1.29, 1.82) is 0 Å². The first-order valence-electron chi connectivity index (χ1n) is 9.19. The number of methoxy groups -OCH3 is 1. The van der Waals surface area contributed by atoms with Gasteiger partial charge < -0.3 is 14.0 Å². The maximum atomic E-state index is 11.3. The monoisotopic (exact) mass is 416 g/mol. The topological polar surface area (TPSA) is 78.9 Å². The zero-order chi connectivity index (χ0) is 21.4. The van der Waals surface area contributed by atoms with E-state index in [2.05, 4.69) is 9.64 Å². The number of hydrogen-bond donors (Lipinski definition) is 0. The van der Waals surface area contributed by atoms with Crippen molar-refractivity contribution in [2.24, 2.45) is 0 Å². The van der Waals surface area contributed by atoms with Gasteiger partial charge in [-0.25, -0.2) is 4.79 Å². The van der Waals surface area contributed by atoms with Crippen LogP contribution in [0.2, 0.25) is 0 Å². The second kappa shape index (κ2) is 10.9. The molecule has 0 aliphatic heterocycles. The fourth-order valence-corrected chi connectivity index (χ4v) is 3.40. The van der Waals surface area contributed by atoms with Crippen molar-refractivity contribution < 1.29 is 23.0 Å². The average Bonchev–Trinajstić information content (AvgIpc) is 2.68. The van der Waals surface area contributed by atoms with E-state index in [0.29, 0.717) is 18.8 Å². The fraction of sp³-hybridized carbons (Fsp3) is 0.318. The number of benzene rings is 2. The number of ether oxygens (including phenoxy) is 2. The van der Waals surface area contributed by atoms with Crippen LogP contribution in [0.4, 0.5) is 0 Å². The highest BCUT2D eigenvalue weighted by molar-refractivity contribution is 7.79. The van der Waals surface area contributed by atoms with Crippen LogP contribution in [-0.2, 0) is 27.2 Å². The van der Waals surface area contributed by atoms with Gasteiger partial charge in [0.25, 0.3) is 0 Å². The van der Waals surface area contributed by atoms with Gasteiger partial charge in [0.15, 0.2) is 0 Å². The molecule has 2 rings (SSSR count). The van der Waals surface area contributed by atoms with Crippen molar-refractivity contribution in [1.82, 2.24) is 4.90 Å². The van der Waals surface area contributed by atoms with E-state index >= 15 is 0 Å². The lowest BCUT2D eigenvalue weighted by Crippen LogP contribution is -2.31. The molecular weight excluding hydrogens is 390 g/mol. The number of carbonyl (C=O) groups is 1. The number of aryl methyl sites for hydroxylation is 1. The normalized spacial score (nSPS) is 13.4. The van der Waals surface area contributed by atoms with Crippen LogP contribution < -0.4 is 4.74 Å². The van der Waals surface area contributed by atoms with Gasteiger partial charge in [-0.1, -0.05) is 30.3 Å². The minimum atomic E-state index is -2.34. The van der Waals surface area contributed by atoms with E-state index in [1.54, 1.807) is 24.3 Å². The Bertz CT molecular complexity index is 897. The molecule has 0 N–H and O–H groups in total. The number of rotatable bonds is 9. The molecule has 7 heteroatoms. The standard InChI is InChI=1S/C22H27NO5S/c1-16-9-10-18(11-12-22(24)27-4)13-19(16)15-23(3)14-17(2)28-20-7-5-6-8-21(20)29(25)26/h5-13,17H,14-15H2,1-4H3,(H,25,26)/p-1. The van der Waals surface area contributed by atoms with E-state index in [1.165, 1.54) is 19.3 Å². The second-order valence-corrected chi connectivity index (χ2v) is 7.76. The number of hydrogen-bond acceptors (Lipinski definition) is 6. The molecule has 0 aromatic heterocycles. The van der Waals surface area contributed by atoms with E-state index < -0.39 is 17.0 Å². The van der Waals surface area contributed by atoms with E-state index in [1.807, 2.05) is 39.1 Å². The molecule has 0 heterocycles. The van der Waals surface area contributed by atoms with Crippen molar-refractivity contribution in [2.45, 2.75) is 31.4 Å². The number of carbonyl (C=O) groups excluding carboxylic acids is 1. The number of esters is 1. The summed E-state index contributed by atoms with van der Waals surface area (Å²) in [5, 5.41) is 0. The Hall–Kier alpha value is -2.48. The average molecular weight is 417 g/mol. The molecule has 2 atom stereocenters. The van der Waals surface area contributed by atoms with Crippen LogP contribution in [0.25, 0.3) is 6.08 Å². The highest BCUT2D eigenvalue weighted by Gasteiger charge is 2.12. The molecule has 0 aliphatic carbocycles. The van der Waals surface area contributed by atoms with Gasteiger partial charge in [-0.2, -0.15) is 0 Å². The molecule has 0 spiro atoms. The van der Waals surface area contributed by atoms with Gasteiger partial charge >= 0.3 is 5.97 Å². The van der Waals surface area contributed by atoms with Crippen molar-refractivity contribution in [3.8, 4) is 5.75 Å². The minimum absolute atomic E-state index is 0.156. The van der Waals surface area contributed by atoms with E-state index in [-0.39, 0.29) is 11.0 Å². The first-order chi connectivity index (χ1) is 13.8. The molecule has 0 bridgehead atoms. The first-order valence-corrected chi connectivity index (χ1v) is 10.3. The molecule has 2 aromatic rings. The molecule has 6 nitrogen and oxygen atoms in total. The second-order valence-electron chi connectivity index (χ2n) is 6.85. The Morgan fingerprint density at radius 1 is 1.28 bits per heavy atom. The predicted molar refractivity (Wildman–Crippen MR) is 112 cm³/mol. The summed E-state index contributed by atoms with van der Waals surface area (Å²) in [6.07, 6.45) is 2.92. The Morgan fingerprint density at radius 2 is 2.00 bits per heavy atom. The minimum Gasteiger partial charge on any atom is -0.768 e. The van der Waals surface area contributed by atoms with Crippen molar-refractivity contribution >= 4 is 23.1 Å². The number of likely N-dealkylation sites (N-methyl/N-ethyl adjacent to an activating group) is 1. The largest absolute Gasteiger partial charge is 0.768 e. The summed E-state index contributed by atoms with van der Waals surface area (Å²) in [5.74, 6) is -0.0395. The first kappa shape index (κ1) is 22.8. The molecule has 29 heavy (non-hydrogen) atoms. The van der Waals surface area contributed by atoms with Crippen LogP contribution in [0, 0.1) is 6.92 Å². The molecule has 0 fully saturated rings. The molecule has 0 saturated carbocycles. The summed E-state index contributed by atoms with van der Waals surface area (Å²) in [6.45, 7) is 5.25. The maximum absolute atomic E-state index is 11.3. The molecule has 0 radical (unpaired) electrons. The number of nitrogens with zero attached hydrogens (tertiary/aromatic N) is 1. The molecule has 0 aliphatic rings. The van der Waals surface area contributed by atoms with Crippen LogP contribution in [0.1, 0.15) is 23.6 Å². The van der Waals surface area contributed by atoms with Gasteiger partial charge in [0.1, 0.15) is 11.9 Å². The van der Waals surface area contributed by atoms with E-state index in [9.17, 15) is 13.6 Å². The predicted octanol–water partition coefficient (Wildman–Crippen LogP) is 3.32. The Labute approximate surface area is 174 Å². The van der Waals surface area contributed by atoms with Crippen LogP contribution in [-0.4, -0.2) is 46.4 Å². The molecule has 0 saturated heterocycles. The van der Waals surface area contributed by atoms with Gasteiger partial charge in [0, 0.05) is 19.2 Å². The van der Waals surface area contributed by atoms with Crippen LogP contribution >= 0.6 is 0 Å². The third kappa shape index (κ3) is 7.12. The molecule has 156 valence electrons. The zero-order valence-corrected chi connectivity index (χ0v) is 17.9. The quantitative estimate of drug-likeness (QED) is 0.354. The lowest BCUT2D eigenvalue weighted by molar-refractivity contribution is -0.134. The SMILES string of the molecule is COC(=O)C=Cc1ccc(C)c(CN(C)CC(C)Oc2ccccc2S(=O)[O-])c1. The summed E-state index contributed by atoms with van der Waals surface area (Å²) >= 11 is -2.34. The third-order valence-electron chi connectivity index (χ3n) is 4.35. The van der Waals surface area contributed by atoms with Crippen molar-refractivity contribution in [3.05, 3.63) is 65.2 Å². The Kier molecular flexibility index (Phi) is 8.57. The molecule has 0 amide bonds. The van der Waals surface area contributed by atoms with Crippen molar-refractivity contribution in [3.63, 3.8) is 0 Å². The highest BCUT2D eigenvalue weighted by atomic mass is 32.2. The maximum Gasteiger partial charge on any atom is 0.330 e. The van der Waals surface area contributed by atoms with Gasteiger partial charge in [-0.15, -0.1) is 0 Å². The van der Waals surface area contributed by atoms with Crippen LogP contribution in [0.15, 0.2) is 53.4 Å². The third-order valence-corrected chi connectivity index (χ3v) is 5.05. The summed E-state index contributed by atoms with van der Waals surface area (Å²) < 4.78 is 33.1. The molecule has 2 aromatic carbocycles. The fourth-order valence-electron chi connectivity index (χ4n) is 2.93. The lowest BCUT2D eigenvalue weighted by atomic mass is 10.0. The van der Waals surface area contributed by atoms with Gasteiger partial charge in [0.05, 0.1) is 12.0 Å². The summed E-state index contributed by atoms with van der Waals surface area (Å²) in [4.78, 5) is 13.5. The summed E-state index contributed by atoms with van der Waals surface area (Å²) in [5.41, 5.74) is 3.20. The van der Waals surface area contributed by atoms with Crippen molar-refractivity contribution in [2.75, 3.05) is 20.7 Å². The van der Waals surface area contributed by atoms with Crippen LogP contribution in [0.3, 0.4) is 0 Å². The molecule has 2 unspecified atom stereocenters. The highest BCUT2D eigenvalue weighted by Crippen LogP contribution is 2.22. The Morgan fingerprint density at radius 3 is 2.69 bits per heavy atom. The van der Waals surface area contributed by atoms with Gasteiger partial charge in [-0.05, 0) is 66.9 Å².